The van der Waals surface area contributed by atoms with E-state index in [0.29, 0.717) is 0 Å². The van der Waals surface area contributed by atoms with Gasteiger partial charge in [-0.05, 0) is 0 Å². The zero-order valence-corrected chi connectivity index (χ0v) is 4.58. The molecule has 4 heteroatoms. The van der Waals surface area contributed by atoms with Crippen molar-refractivity contribution in [2.45, 2.75) is 0 Å². The summed E-state index contributed by atoms with van der Waals surface area (Å²) in [6.07, 6.45) is 0. The maximum atomic E-state index is 0. The molecule has 0 atom stereocenters. The van der Waals surface area contributed by atoms with Gasteiger partial charge in [-0.1, -0.05) is 0 Å². The first-order chi connectivity index (χ1) is 0. The third-order valence-corrected chi connectivity index (χ3v) is 0. The van der Waals surface area contributed by atoms with Crippen LogP contribution in [0.3, 0.4) is 0 Å². The Bertz CT molecular complexity index is 8.00. The molecular formula is H5AlCaCuW. The van der Waals surface area contributed by atoms with Gasteiger partial charge >= 0.3 is 37.7 Å². The summed E-state index contributed by atoms with van der Waals surface area (Å²) in [6, 6.07) is 0. The minimum Gasteiger partial charge on any atom is 0 e. The third-order valence-electron chi connectivity index (χ3n) is 0. The van der Waals surface area contributed by atoms with Crippen molar-refractivity contribution in [2.24, 2.45) is 0 Å². The van der Waals surface area contributed by atoms with Crippen LogP contribution in [-0.2, 0) is 38.1 Å². The summed E-state index contributed by atoms with van der Waals surface area (Å²) in [5, 5.41) is 0. The van der Waals surface area contributed by atoms with Gasteiger partial charge in [-0.2, -0.15) is 0 Å². The molecule has 0 aliphatic heterocycles. The molecule has 0 fully saturated rings. The van der Waals surface area contributed by atoms with Crippen molar-refractivity contribution in [1.82, 2.24) is 0 Å². The molecular weight excluding hydrogens is 314 g/mol. The zero-order valence-electron chi connectivity index (χ0n) is 0.710. The van der Waals surface area contributed by atoms with Crippen molar-refractivity contribution >= 4 is 55.1 Å². The first-order valence-electron chi connectivity index (χ1n) is 0. The summed E-state index contributed by atoms with van der Waals surface area (Å²) in [7, 11) is 0. The fourth-order valence-corrected chi connectivity index (χ4v) is 0. The minimum atomic E-state index is 0. The van der Waals surface area contributed by atoms with Gasteiger partial charge in [0.15, 0.2) is 17.4 Å². The Kier molecular flexibility index (Phi) is 117. The van der Waals surface area contributed by atoms with Crippen LogP contribution in [0.25, 0.3) is 0 Å². The molecule has 0 rings (SSSR count). The van der Waals surface area contributed by atoms with Crippen molar-refractivity contribution < 1.29 is 38.1 Å². The van der Waals surface area contributed by atoms with E-state index in [9.17, 15) is 0 Å². The average molecular weight is 319 g/mol. The molecule has 0 saturated carbocycles. The van der Waals surface area contributed by atoms with Crippen molar-refractivity contribution in [3.05, 3.63) is 0 Å². The van der Waals surface area contributed by atoms with E-state index in [1.165, 1.54) is 0 Å². The van der Waals surface area contributed by atoms with Gasteiger partial charge in [0.05, 0.1) is 0 Å². The molecule has 0 aromatic rings. The van der Waals surface area contributed by atoms with Crippen LogP contribution in [-0.4, -0.2) is 55.1 Å². The van der Waals surface area contributed by atoms with E-state index in [2.05, 4.69) is 0 Å². The van der Waals surface area contributed by atoms with Gasteiger partial charge < -0.3 is 0 Å². The van der Waals surface area contributed by atoms with Crippen LogP contribution in [0.2, 0.25) is 0 Å². The first-order valence-corrected chi connectivity index (χ1v) is 0. The summed E-state index contributed by atoms with van der Waals surface area (Å²) in [6.45, 7) is 0. The summed E-state index contributed by atoms with van der Waals surface area (Å²) in [5.74, 6) is 0. The maximum Gasteiger partial charge on any atom is 0 e. The zero-order chi connectivity index (χ0) is 0. The standard InChI is InChI=1S/Al.Ca.Cu.W.5H. The van der Waals surface area contributed by atoms with E-state index < -0.39 is 0 Å². The third kappa shape index (κ3) is 8.89. The fraction of sp³-hybridized carbons (Fsp3) is 0. The molecule has 0 saturated heterocycles. The Morgan fingerprint density at radius 2 is 1.00 bits per heavy atom. The number of hydrogen-bond acceptors (Lipinski definition) is 0. The minimum absolute atomic E-state index is 0. The molecule has 0 aromatic carbocycles. The molecule has 0 heterocycles. The second kappa shape index (κ2) is 16.7. The van der Waals surface area contributed by atoms with Crippen LogP contribution in [0, 0.1) is 0 Å². The average Bonchev–Trinajstić information content (AvgIpc) is 0. The Balaban J connectivity index is 0. The van der Waals surface area contributed by atoms with Gasteiger partial charge in [0.25, 0.3) is 0 Å². The largest absolute Gasteiger partial charge is 0 e. The summed E-state index contributed by atoms with van der Waals surface area (Å²) in [4.78, 5) is 0. The van der Waals surface area contributed by atoms with Gasteiger partial charge in [0, 0.05) is 38.1 Å². The Labute approximate surface area is 91.3 Å². The Morgan fingerprint density at radius 3 is 1.00 bits per heavy atom. The number of rotatable bonds is 0. The quantitative estimate of drug-likeness (QED) is 0.449. The molecule has 0 spiro atoms. The van der Waals surface area contributed by atoms with Crippen LogP contribution in [0.1, 0.15) is 0 Å². The molecule has 0 unspecified atom stereocenters. The molecule has 4 heavy (non-hydrogen) atoms. The van der Waals surface area contributed by atoms with E-state index in [-0.39, 0.29) is 93.2 Å². The van der Waals surface area contributed by atoms with Crippen LogP contribution in [0.15, 0.2) is 0 Å². The van der Waals surface area contributed by atoms with E-state index in [1.807, 2.05) is 0 Å². The fourth-order valence-electron chi connectivity index (χ4n) is 0. The predicted molar refractivity (Wildman–Crippen MR) is 18.5 cm³/mol. The van der Waals surface area contributed by atoms with Gasteiger partial charge in [0.1, 0.15) is 0 Å². The smallest absolute Gasteiger partial charge is 0 e. The van der Waals surface area contributed by atoms with E-state index in [4.69, 9.17) is 0 Å². The Morgan fingerprint density at radius 1 is 1.00 bits per heavy atom. The predicted octanol–water partition coefficient (Wildman–Crippen LogP) is -2.11. The molecule has 0 nitrogen and oxygen atoms in total. The molecule has 0 aliphatic carbocycles. The van der Waals surface area contributed by atoms with Crippen molar-refractivity contribution in [3.63, 3.8) is 0 Å². The second-order valence-corrected chi connectivity index (χ2v) is 0. The van der Waals surface area contributed by atoms with Gasteiger partial charge in [0.2, 0.25) is 0 Å². The first kappa shape index (κ1) is 28.0. The molecule has 0 N–H and O–H groups in total. The molecule has 1 radical (unpaired) electrons. The van der Waals surface area contributed by atoms with Crippen LogP contribution in [0.4, 0.5) is 0 Å². The van der Waals surface area contributed by atoms with Crippen molar-refractivity contribution in [3.8, 4) is 0 Å². The number of hydrogen-bond donors (Lipinski definition) is 0. The van der Waals surface area contributed by atoms with E-state index in [1.54, 1.807) is 0 Å². The Hall–Kier alpha value is 3.00. The molecule has 0 amide bonds. The van der Waals surface area contributed by atoms with Crippen molar-refractivity contribution in [2.75, 3.05) is 0 Å². The monoisotopic (exact) mass is 319 g/mol. The topological polar surface area (TPSA) is 0 Å². The van der Waals surface area contributed by atoms with Gasteiger partial charge in [-0.15, -0.1) is 0 Å². The summed E-state index contributed by atoms with van der Waals surface area (Å²) in [5.41, 5.74) is 0. The normalized spacial score (nSPS) is 0. The summed E-state index contributed by atoms with van der Waals surface area (Å²) < 4.78 is 0. The maximum absolute atomic E-state index is 0. The van der Waals surface area contributed by atoms with E-state index in [0.717, 1.165) is 0 Å². The van der Waals surface area contributed by atoms with Crippen molar-refractivity contribution in [1.29, 1.82) is 0 Å². The van der Waals surface area contributed by atoms with Gasteiger partial charge in [-0.3, -0.25) is 0 Å². The van der Waals surface area contributed by atoms with Crippen LogP contribution in [0.5, 0.6) is 0 Å². The SMILES string of the molecule is [AlH3].[CaH2].[Cu].[W]. The van der Waals surface area contributed by atoms with Crippen LogP contribution < -0.4 is 0 Å². The molecule has 0 aromatic heterocycles. The van der Waals surface area contributed by atoms with Crippen LogP contribution >= 0.6 is 0 Å². The molecule has 0 bridgehead atoms. The second-order valence-electron chi connectivity index (χ2n) is 0. The van der Waals surface area contributed by atoms with E-state index >= 15 is 0 Å². The molecule has 27 valence electrons. The summed E-state index contributed by atoms with van der Waals surface area (Å²) >= 11 is 0. The molecule has 0 aliphatic rings. The van der Waals surface area contributed by atoms with Gasteiger partial charge in [-0.25, -0.2) is 0 Å².